The molecule has 0 aliphatic rings. The van der Waals surface area contributed by atoms with E-state index < -0.39 is 17.9 Å². The first kappa shape index (κ1) is 24.3. The standard InChI is InChI=1S/C6H6NO.3C2H4O2.Pb/c1-8-6-4-2-3-5-7-6;3*1-2(3)4;/h2-3,5H,1H3;3*1H3,(H,3,4);/q;;;;+3/p-3. The number of aromatic nitrogens is 1. The van der Waals surface area contributed by atoms with Crippen molar-refractivity contribution in [3.8, 4) is 5.88 Å². The van der Waals surface area contributed by atoms with Crippen LogP contribution in [0, 0.1) is 0 Å². The average molecular weight is 492 g/mol. The van der Waals surface area contributed by atoms with E-state index in [1.54, 1.807) is 13.3 Å². The monoisotopic (exact) mass is 493 g/mol. The van der Waals surface area contributed by atoms with Crippen LogP contribution in [0.15, 0.2) is 18.3 Å². The fourth-order valence-electron chi connectivity index (χ4n) is 0.553. The summed E-state index contributed by atoms with van der Waals surface area (Å²) in [6.07, 6.45) is 1.74. The van der Waals surface area contributed by atoms with Crippen molar-refractivity contribution in [2.24, 2.45) is 0 Å². The number of hydrogen-bond acceptors (Lipinski definition) is 8. The SMILES string of the molecule is CC(=O)[O-].CC(=O)[O-].CC(=O)[O-].COc1nccc[c]1[Pb+3]. The Morgan fingerprint density at radius 1 is 1.05 bits per heavy atom. The van der Waals surface area contributed by atoms with Crippen molar-refractivity contribution in [2.45, 2.75) is 20.8 Å². The van der Waals surface area contributed by atoms with Crippen LogP contribution in [0.3, 0.4) is 0 Å². The molecule has 114 valence electrons. The van der Waals surface area contributed by atoms with E-state index in [1.165, 1.54) is 3.12 Å². The van der Waals surface area contributed by atoms with Crippen molar-refractivity contribution in [1.29, 1.82) is 0 Å². The molecule has 21 heavy (non-hydrogen) atoms. The van der Waals surface area contributed by atoms with Gasteiger partial charge >= 0.3 is 69.9 Å². The van der Waals surface area contributed by atoms with Gasteiger partial charge < -0.3 is 29.7 Å². The number of nitrogens with zero attached hydrogens (tertiary/aromatic N) is 1. The molecule has 0 atom stereocenters. The molecule has 1 aromatic rings. The number of carboxylic acids is 3. The Bertz CT molecular complexity index is 397. The molecule has 0 N–H and O–H groups in total. The number of hydrogen-bond donors (Lipinski definition) is 0. The Labute approximate surface area is 138 Å². The van der Waals surface area contributed by atoms with Crippen molar-refractivity contribution in [1.82, 2.24) is 4.98 Å². The molecule has 1 heterocycles. The second-order valence-corrected chi connectivity index (χ2v) is 5.13. The predicted octanol–water partition coefficient (Wildman–Crippen LogP) is -3.85. The summed E-state index contributed by atoms with van der Waals surface area (Å²) in [7, 11) is 1.64. The van der Waals surface area contributed by atoms with E-state index in [9.17, 15) is 0 Å². The quantitative estimate of drug-likeness (QED) is 0.363. The van der Waals surface area contributed by atoms with Crippen LogP contribution in [0.4, 0.5) is 0 Å². The predicted molar refractivity (Wildman–Crippen MR) is 68.2 cm³/mol. The summed E-state index contributed by atoms with van der Waals surface area (Å²) in [6.45, 7) is 2.92. The summed E-state index contributed by atoms with van der Waals surface area (Å²) < 4.78 is 6.18. The summed E-state index contributed by atoms with van der Waals surface area (Å²) in [5.74, 6) is -2.48. The maximum absolute atomic E-state index is 8.89. The zero-order valence-electron chi connectivity index (χ0n) is 12.0. The molecule has 1 rings (SSSR count). The minimum atomic E-state index is -1.08. The van der Waals surface area contributed by atoms with Crippen molar-refractivity contribution < 1.29 is 34.4 Å². The fourth-order valence-corrected chi connectivity index (χ4v) is 1.58. The number of carbonyl (C=O) groups excluding carboxylic acids is 3. The second kappa shape index (κ2) is 16.3. The molecule has 8 nitrogen and oxygen atoms in total. The normalized spacial score (nSPS) is 7.52. The van der Waals surface area contributed by atoms with Gasteiger partial charge in [0.05, 0.1) is 0 Å². The average Bonchev–Trinajstić information content (AvgIpc) is 2.27. The Kier molecular flexibility index (Phi) is 18.9. The third kappa shape index (κ3) is 38.1. The van der Waals surface area contributed by atoms with Crippen LogP contribution in [0.5, 0.6) is 5.88 Å². The first-order chi connectivity index (χ1) is 9.54. The number of ether oxygens (including phenoxy) is 1. The zero-order valence-corrected chi connectivity index (χ0v) is 15.9. The number of carboxylic acid groups (broad SMARTS) is 3. The molecular formula is C12H15NO7Pb. The van der Waals surface area contributed by atoms with Gasteiger partial charge in [0, 0.05) is 17.9 Å². The Hall–Kier alpha value is -1.72. The molecule has 0 fully saturated rings. The first-order valence-electron chi connectivity index (χ1n) is 5.27. The molecule has 0 saturated carbocycles. The van der Waals surface area contributed by atoms with Crippen LogP contribution in [0.2, 0.25) is 0 Å². The molecule has 0 amide bonds. The Balaban J connectivity index is -0.000000230. The van der Waals surface area contributed by atoms with Gasteiger partial charge in [0.1, 0.15) is 0 Å². The number of methoxy groups -OCH3 is 1. The van der Waals surface area contributed by atoms with E-state index in [4.69, 9.17) is 34.4 Å². The van der Waals surface area contributed by atoms with Crippen molar-refractivity contribution in [3.63, 3.8) is 0 Å². The van der Waals surface area contributed by atoms with Gasteiger partial charge in [-0.15, -0.1) is 0 Å². The number of pyridine rings is 1. The van der Waals surface area contributed by atoms with E-state index in [0.29, 0.717) is 0 Å². The topological polar surface area (TPSA) is 143 Å². The van der Waals surface area contributed by atoms with Gasteiger partial charge in [-0.1, -0.05) is 0 Å². The summed E-state index contributed by atoms with van der Waals surface area (Å²) >= 11 is 0.998. The zero-order chi connectivity index (χ0) is 17.4. The van der Waals surface area contributed by atoms with Gasteiger partial charge in [-0.25, -0.2) is 0 Å². The maximum atomic E-state index is 8.89. The number of carbonyl (C=O) groups is 3. The summed E-state index contributed by atoms with van der Waals surface area (Å²) in [4.78, 5) is 30.7. The second-order valence-electron chi connectivity index (χ2n) is 3.03. The van der Waals surface area contributed by atoms with Crippen molar-refractivity contribution in [2.75, 3.05) is 7.11 Å². The van der Waals surface area contributed by atoms with Crippen LogP contribution in [-0.2, 0) is 14.4 Å². The van der Waals surface area contributed by atoms with Gasteiger partial charge in [-0.05, 0) is 20.8 Å². The molecule has 0 spiro atoms. The Morgan fingerprint density at radius 2 is 1.38 bits per heavy atom. The van der Waals surface area contributed by atoms with Crippen molar-refractivity contribution in [3.05, 3.63) is 18.3 Å². The van der Waals surface area contributed by atoms with Crippen LogP contribution < -0.4 is 23.2 Å². The van der Waals surface area contributed by atoms with Crippen LogP contribution in [0.1, 0.15) is 20.8 Å². The molecule has 0 unspecified atom stereocenters. The minimum absolute atomic E-state index is 0.768. The van der Waals surface area contributed by atoms with E-state index in [1.807, 2.05) is 12.1 Å². The van der Waals surface area contributed by atoms with Crippen LogP contribution >= 0.6 is 0 Å². The molecule has 0 aliphatic carbocycles. The van der Waals surface area contributed by atoms with Crippen LogP contribution in [-0.4, -0.2) is 55.8 Å². The molecule has 0 radical (unpaired) electrons. The van der Waals surface area contributed by atoms with Gasteiger partial charge in [-0.3, -0.25) is 0 Å². The third-order valence-corrected chi connectivity index (χ3v) is 2.44. The molecular weight excluding hydrogens is 477 g/mol. The summed E-state index contributed by atoms with van der Waals surface area (Å²) in [6, 6.07) is 3.95. The molecule has 0 aromatic carbocycles. The fraction of sp³-hybridized carbons (Fsp3) is 0.333. The van der Waals surface area contributed by atoms with Crippen molar-refractivity contribution >= 4 is 46.8 Å². The molecule has 1 aromatic heterocycles. The summed E-state index contributed by atoms with van der Waals surface area (Å²) in [5.41, 5.74) is 0. The summed E-state index contributed by atoms with van der Waals surface area (Å²) in [5, 5.41) is 26.7. The molecule has 0 aliphatic heterocycles. The number of aliphatic carboxylic acids is 3. The van der Waals surface area contributed by atoms with E-state index in [0.717, 1.165) is 52.4 Å². The van der Waals surface area contributed by atoms with Gasteiger partial charge in [-0.2, -0.15) is 0 Å². The van der Waals surface area contributed by atoms with E-state index in [-0.39, 0.29) is 0 Å². The van der Waals surface area contributed by atoms with E-state index in [2.05, 4.69) is 4.98 Å². The van der Waals surface area contributed by atoms with Crippen LogP contribution in [0.25, 0.3) is 0 Å². The first-order valence-corrected chi connectivity index (χ1v) is 7.22. The van der Waals surface area contributed by atoms with Gasteiger partial charge in [0.25, 0.3) is 0 Å². The third-order valence-electron chi connectivity index (χ3n) is 0.965. The molecule has 0 bridgehead atoms. The molecule has 9 heteroatoms. The molecule has 0 saturated heterocycles. The number of rotatable bonds is 1. The van der Waals surface area contributed by atoms with E-state index >= 15 is 0 Å². The van der Waals surface area contributed by atoms with Gasteiger partial charge in [0.15, 0.2) is 0 Å². The van der Waals surface area contributed by atoms with Gasteiger partial charge in [0.2, 0.25) is 0 Å². The Morgan fingerprint density at radius 3 is 1.57 bits per heavy atom.